The zero-order valence-electron chi connectivity index (χ0n) is 26.2. The molecular weight excluding hydrogens is 536 g/mol. The van der Waals surface area contributed by atoms with Gasteiger partial charge in [0.2, 0.25) is 0 Å². The minimum atomic E-state index is -0.360. The lowest BCUT2D eigenvalue weighted by molar-refractivity contribution is -0.159. The van der Waals surface area contributed by atoms with Crippen LogP contribution < -0.4 is 0 Å². The third-order valence-corrected chi connectivity index (χ3v) is 10.0. The van der Waals surface area contributed by atoms with Crippen molar-refractivity contribution in [2.45, 2.75) is 115 Å². The molecule has 0 aromatic carbocycles. The van der Waals surface area contributed by atoms with Gasteiger partial charge in [0, 0.05) is 11.8 Å². The molecule has 4 aliphatic carbocycles. The Morgan fingerprint density at radius 2 is 1.02 bits per heavy atom. The van der Waals surface area contributed by atoms with Crippen molar-refractivity contribution in [3.8, 4) is 0 Å². The van der Waals surface area contributed by atoms with Crippen molar-refractivity contribution < 1.29 is 38.1 Å². The Hall–Kier alpha value is -2.64. The van der Waals surface area contributed by atoms with Gasteiger partial charge in [-0.05, 0) is 77.0 Å². The second kappa shape index (κ2) is 15.2. The molecule has 4 aliphatic rings. The van der Waals surface area contributed by atoms with Crippen molar-refractivity contribution in [3.63, 3.8) is 0 Å². The molecule has 8 nitrogen and oxygen atoms in total. The van der Waals surface area contributed by atoms with Crippen LogP contribution in [-0.4, -0.2) is 49.3 Å². The molecule has 0 saturated heterocycles. The predicted octanol–water partition coefficient (Wildman–Crippen LogP) is 6.51. The molecule has 0 aromatic heterocycles. The molecule has 0 aromatic rings. The highest BCUT2D eigenvalue weighted by Gasteiger charge is 2.54. The van der Waals surface area contributed by atoms with Gasteiger partial charge in [-0.15, -0.1) is 13.2 Å². The summed E-state index contributed by atoms with van der Waals surface area (Å²) >= 11 is 0. The van der Waals surface area contributed by atoms with Gasteiger partial charge in [0.1, 0.15) is 11.2 Å². The molecular formula is C34H52O8. The van der Waals surface area contributed by atoms with Gasteiger partial charge >= 0.3 is 23.9 Å². The quantitative estimate of drug-likeness (QED) is 0.129. The van der Waals surface area contributed by atoms with Crippen molar-refractivity contribution >= 4 is 23.9 Å². The zero-order chi connectivity index (χ0) is 30.9. The third kappa shape index (κ3) is 9.18. The largest absolute Gasteiger partial charge is 0.469 e. The van der Waals surface area contributed by atoms with E-state index in [-0.39, 0.29) is 71.6 Å². The Balaban J connectivity index is 0.000000230. The molecule has 8 heteroatoms. The molecule has 0 spiro atoms. The number of methoxy groups -OCH3 is 2. The van der Waals surface area contributed by atoms with E-state index in [1.54, 1.807) is 0 Å². The number of carbonyl (C=O) groups excluding carboxylic acids is 4. The van der Waals surface area contributed by atoms with Crippen LogP contribution in [-0.2, 0) is 38.1 Å². The number of allylic oxidation sites excluding steroid dienone is 2. The molecule has 42 heavy (non-hydrogen) atoms. The van der Waals surface area contributed by atoms with E-state index in [4.69, 9.17) is 18.9 Å². The average Bonchev–Trinajstić information content (AvgIpc) is 3.50. The maximum Gasteiger partial charge on any atom is 0.309 e. The summed E-state index contributed by atoms with van der Waals surface area (Å²) in [5.74, 6) is -0.496. The highest BCUT2D eigenvalue weighted by atomic mass is 16.6. The smallest absolute Gasteiger partial charge is 0.309 e. The van der Waals surface area contributed by atoms with E-state index in [1.165, 1.54) is 14.2 Å². The number of carbonyl (C=O) groups is 4. The zero-order valence-corrected chi connectivity index (χ0v) is 26.2. The Morgan fingerprint density at radius 1 is 0.690 bits per heavy atom. The van der Waals surface area contributed by atoms with Crippen LogP contribution in [0, 0.1) is 35.5 Å². The fraction of sp³-hybridized carbons (Fsp3) is 0.765. The number of esters is 4. The molecule has 236 valence electrons. The molecule has 0 radical (unpaired) electrons. The molecule has 4 fully saturated rings. The van der Waals surface area contributed by atoms with E-state index in [1.807, 2.05) is 26.0 Å². The van der Waals surface area contributed by atoms with E-state index in [9.17, 15) is 19.2 Å². The van der Waals surface area contributed by atoms with E-state index < -0.39 is 0 Å². The molecule has 0 aliphatic heterocycles. The van der Waals surface area contributed by atoms with Crippen LogP contribution in [0.3, 0.4) is 0 Å². The fourth-order valence-electron chi connectivity index (χ4n) is 7.05. The molecule has 0 bridgehead atoms. The Labute approximate surface area is 251 Å². The monoisotopic (exact) mass is 588 g/mol. The first-order chi connectivity index (χ1) is 20.0. The van der Waals surface area contributed by atoms with Gasteiger partial charge < -0.3 is 18.9 Å². The maximum absolute atomic E-state index is 12.2. The molecule has 4 rings (SSSR count). The molecule has 0 N–H and O–H groups in total. The van der Waals surface area contributed by atoms with Gasteiger partial charge in [0.15, 0.2) is 0 Å². The van der Waals surface area contributed by atoms with Crippen LogP contribution in [0.15, 0.2) is 25.3 Å². The van der Waals surface area contributed by atoms with Gasteiger partial charge in [-0.2, -0.15) is 0 Å². The molecule has 0 amide bonds. The lowest BCUT2D eigenvalue weighted by Gasteiger charge is -2.21. The summed E-state index contributed by atoms with van der Waals surface area (Å²) in [5, 5.41) is 0. The first kappa shape index (κ1) is 33.9. The van der Waals surface area contributed by atoms with Crippen LogP contribution in [0.5, 0.6) is 0 Å². The minimum absolute atomic E-state index is 0.147. The second-order valence-corrected chi connectivity index (χ2v) is 13.2. The van der Waals surface area contributed by atoms with Crippen molar-refractivity contribution in [2.24, 2.45) is 35.5 Å². The first-order valence-corrected chi connectivity index (χ1v) is 15.8. The van der Waals surface area contributed by atoms with E-state index in [2.05, 4.69) is 13.2 Å². The Morgan fingerprint density at radius 3 is 1.31 bits per heavy atom. The standard InChI is InChI=1S/2C17H26O4/c2*1-4-7-13-11-17(13,2)21-15(18)10-14(16(19)20-3)12-8-5-6-9-12/h2*4,12-14H,1,5-11H2,2-3H3/t13-,14+,17-;13-,14-,17-/m10/s1. The Bertz CT molecular complexity index is 900. The summed E-state index contributed by atoms with van der Waals surface area (Å²) in [4.78, 5) is 48.2. The molecule has 0 heterocycles. The Kier molecular flexibility index (Phi) is 12.2. The van der Waals surface area contributed by atoms with Crippen molar-refractivity contribution in [1.82, 2.24) is 0 Å². The lowest BCUT2D eigenvalue weighted by Crippen LogP contribution is -2.29. The van der Waals surface area contributed by atoms with Gasteiger partial charge in [-0.1, -0.05) is 37.8 Å². The summed E-state index contributed by atoms with van der Waals surface area (Å²) in [7, 11) is 2.77. The summed E-state index contributed by atoms with van der Waals surface area (Å²) in [5.41, 5.74) is -0.719. The normalized spacial score (nSPS) is 29.7. The van der Waals surface area contributed by atoms with Crippen LogP contribution in [0.25, 0.3) is 0 Å². The summed E-state index contributed by atoms with van der Waals surface area (Å²) < 4.78 is 21.0. The van der Waals surface area contributed by atoms with E-state index >= 15 is 0 Å². The summed E-state index contributed by atoms with van der Waals surface area (Å²) in [6.07, 6.45) is 16.1. The maximum atomic E-state index is 12.2. The van der Waals surface area contributed by atoms with E-state index in [0.717, 1.165) is 77.0 Å². The van der Waals surface area contributed by atoms with Gasteiger partial charge in [0.25, 0.3) is 0 Å². The van der Waals surface area contributed by atoms with Gasteiger partial charge in [-0.3, -0.25) is 19.2 Å². The third-order valence-electron chi connectivity index (χ3n) is 10.0. The van der Waals surface area contributed by atoms with Gasteiger partial charge in [-0.25, -0.2) is 0 Å². The lowest BCUT2D eigenvalue weighted by atomic mass is 9.88. The SMILES string of the molecule is C=CC[C@@H]1C[C@@]1(C)OC(=O)C[C@H](C(=O)OC)C1CCCC1.C=CC[C@H]1C[C@]1(C)OC(=O)C[C@H](C(=O)OC)C1CCCC1. The van der Waals surface area contributed by atoms with E-state index in [0.29, 0.717) is 11.8 Å². The number of hydrogen-bond donors (Lipinski definition) is 0. The molecule has 0 unspecified atom stereocenters. The summed E-state index contributed by atoms with van der Waals surface area (Å²) in [6, 6.07) is 0. The molecule has 6 atom stereocenters. The topological polar surface area (TPSA) is 105 Å². The number of ether oxygens (including phenoxy) is 4. The molecule has 4 saturated carbocycles. The summed E-state index contributed by atoms with van der Waals surface area (Å²) in [6.45, 7) is 11.4. The van der Waals surface area contributed by atoms with Crippen LogP contribution in [0.2, 0.25) is 0 Å². The minimum Gasteiger partial charge on any atom is -0.469 e. The fourth-order valence-corrected chi connectivity index (χ4v) is 7.05. The predicted molar refractivity (Wildman–Crippen MR) is 159 cm³/mol. The van der Waals surface area contributed by atoms with Crippen molar-refractivity contribution in [3.05, 3.63) is 25.3 Å². The van der Waals surface area contributed by atoms with Crippen LogP contribution in [0.1, 0.15) is 104 Å². The number of hydrogen-bond acceptors (Lipinski definition) is 8. The van der Waals surface area contributed by atoms with Crippen LogP contribution in [0.4, 0.5) is 0 Å². The van der Waals surface area contributed by atoms with Crippen molar-refractivity contribution in [1.29, 1.82) is 0 Å². The van der Waals surface area contributed by atoms with Crippen LogP contribution >= 0.6 is 0 Å². The highest BCUT2D eigenvalue weighted by Crippen LogP contribution is 2.50. The van der Waals surface area contributed by atoms with Gasteiger partial charge in [0.05, 0.1) is 38.9 Å². The average molecular weight is 589 g/mol. The van der Waals surface area contributed by atoms with Crippen molar-refractivity contribution in [2.75, 3.05) is 14.2 Å². The first-order valence-electron chi connectivity index (χ1n) is 15.8. The second-order valence-electron chi connectivity index (χ2n) is 13.2. The highest BCUT2D eigenvalue weighted by molar-refractivity contribution is 5.81. The number of rotatable bonds is 14.